The largest absolute Gasteiger partial charge is 0.313 e. The number of sulfonamides is 1. The second-order valence-electron chi connectivity index (χ2n) is 5.82. The molecule has 2 rings (SSSR count). The van der Waals surface area contributed by atoms with Crippen molar-refractivity contribution in [2.24, 2.45) is 0 Å². The van der Waals surface area contributed by atoms with Crippen molar-refractivity contribution in [2.45, 2.75) is 63.4 Å². The van der Waals surface area contributed by atoms with Gasteiger partial charge in [0.05, 0.1) is 4.90 Å². The molecule has 1 fully saturated rings. The van der Waals surface area contributed by atoms with E-state index in [2.05, 4.69) is 10.0 Å². The van der Waals surface area contributed by atoms with Gasteiger partial charge in [-0.15, -0.1) is 0 Å². The quantitative estimate of drug-likeness (QED) is 0.849. The summed E-state index contributed by atoms with van der Waals surface area (Å²) in [5.41, 5.74) is 2.16. The van der Waals surface area contributed by atoms with E-state index in [0.717, 1.165) is 43.4 Å². The van der Waals surface area contributed by atoms with Gasteiger partial charge >= 0.3 is 0 Å². The van der Waals surface area contributed by atoms with Gasteiger partial charge in [0.2, 0.25) is 10.0 Å². The second kappa shape index (κ2) is 7.38. The van der Waals surface area contributed by atoms with Gasteiger partial charge in [-0.05, 0) is 49.6 Å². The highest BCUT2D eigenvalue weighted by molar-refractivity contribution is 7.89. The van der Waals surface area contributed by atoms with Crippen molar-refractivity contribution in [3.8, 4) is 0 Å². The summed E-state index contributed by atoms with van der Waals surface area (Å²) in [4.78, 5) is 0.381. The van der Waals surface area contributed by atoms with Crippen LogP contribution >= 0.6 is 0 Å². The third-order valence-corrected chi connectivity index (χ3v) is 5.64. The lowest BCUT2D eigenvalue weighted by atomic mass is 9.96. The minimum absolute atomic E-state index is 0.0993. The summed E-state index contributed by atoms with van der Waals surface area (Å²) >= 11 is 0. The Hall–Kier alpha value is -0.910. The van der Waals surface area contributed by atoms with Crippen LogP contribution in [0, 0.1) is 6.92 Å². The van der Waals surface area contributed by atoms with Crippen molar-refractivity contribution in [2.75, 3.05) is 6.54 Å². The number of benzene rings is 1. The first-order valence-electron chi connectivity index (χ1n) is 7.85. The monoisotopic (exact) mass is 310 g/mol. The zero-order valence-corrected chi connectivity index (χ0v) is 13.8. The van der Waals surface area contributed by atoms with Gasteiger partial charge in [0.1, 0.15) is 0 Å². The van der Waals surface area contributed by atoms with Gasteiger partial charge in [-0.1, -0.05) is 32.3 Å². The topological polar surface area (TPSA) is 58.2 Å². The lowest BCUT2D eigenvalue weighted by Gasteiger charge is -2.22. The van der Waals surface area contributed by atoms with Crippen molar-refractivity contribution in [3.63, 3.8) is 0 Å². The van der Waals surface area contributed by atoms with Crippen molar-refractivity contribution in [3.05, 3.63) is 29.3 Å². The van der Waals surface area contributed by atoms with Crippen LogP contribution in [0.5, 0.6) is 0 Å². The van der Waals surface area contributed by atoms with E-state index < -0.39 is 10.0 Å². The third kappa shape index (κ3) is 4.53. The molecule has 1 aliphatic rings. The van der Waals surface area contributed by atoms with E-state index in [1.807, 2.05) is 19.9 Å². The molecule has 0 saturated heterocycles. The van der Waals surface area contributed by atoms with Crippen LogP contribution in [0.3, 0.4) is 0 Å². The molecular weight excluding hydrogens is 284 g/mol. The fourth-order valence-electron chi connectivity index (χ4n) is 2.77. The summed E-state index contributed by atoms with van der Waals surface area (Å²) in [7, 11) is -3.40. The average Bonchev–Trinajstić information content (AvgIpc) is 2.47. The van der Waals surface area contributed by atoms with Gasteiger partial charge in [0.15, 0.2) is 0 Å². The number of hydrogen-bond donors (Lipinski definition) is 2. The first-order valence-corrected chi connectivity index (χ1v) is 9.34. The highest BCUT2D eigenvalue weighted by atomic mass is 32.2. The molecule has 0 bridgehead atoms. The van der Waals surface area contributed by atoms with Crippen LogP contribution < -0.4 is 10.0 Å². The van der Waals surface area contributed by atoms with E-state index in [-0.39, 0.29) is 6.04 Å². The summed E-state index contributed by atoms with van der Waals surface area (Å²) in [6.45, 7) is 5.63. The molecule has 0 spiro atoms. The van der Waals surface area contributed by atoms with E-state index in [1.165, 1.54) is 6.42 Å². The maximum absolute atomic E-state index is 12.5. The SMILES string of the molecule is CCNCc1cc(S(=O)(=O)NC2CCCCC2)ccc1C. The van der Waals surface area contributed by atoms with Crippen molar-refractivity contribution < 1.29 is 8.42 Å². The number of aryl methyl sites for hydroxylation is 1. The highest BCUT2D eigenvalue weighted by Crippen LogP contribution is 2.21. The molecular formula is C16H26N2O2S. The van der Waals surface area contributed by atoms with Crippen molar-refractivity contribution in [1.82, 2.24) is 10.0 Å². The minimum atomic E-state index is -3.40. The molecule has 0 unspecified atom stereocenters. The molecule has 2 N–H and O–H groups in total. The van der Waals surface area contributed by atoms with E-state index in [1.54, 1.807) is 12.1 Å². The summed E-state index contributed by atoms with van der Waals surface area (Å²) in [5.74, 6) is 0. The van der Waals surface area contributed by atoms with Crippen LogP contribution in [0.4, 0.5) is 0 Å². The lowest BCUT2D eigenvalue weighted by Crippen LogP contribution is -2.36. The summed E-state index contributed by atoms with van der Waals surface area (Å²) in [6.07, 6.45) is 5.36. The van der Waals surface area contributed by atoms with Crippen LogP contribution in [0.15, 0.2) is 23.1 Å². The normalized spacial score (nSPS) is 17.0. The van der Waals surface area contributed by atoms with Crippen molar-refractivity contribution >= 4 is 10.0 Å². The molecule has 0 radical (unpaired) electrons. The minimum Gasteiger partial charge on any atom is -0.313 e. The Balaban J connectivity index is 2.14. The van der Waals surface area contributed by atoms with Gasteiger partial charge in [-0.25, -0.2) is 13.1 Å². The molecule has 0 atom stereocenters. The Bertz CT molecular complexity index is 564. The molecule has 118 valence electrons. The van der Waals surface area contributed by atoms with Gasteiger partial charge in [0.25, 0.3) is 0 Å². The first-order chi connectivity index (χ1) is 10.0. The Morgan fingerprint density at radius 1 is 1.19 bits per heavy atom. The average molecular weight is 310 g/mol. The van der Waals surface area contributed by atoms with E-state index in [9.17, 15) is 8.42 Å². The van der Waals surface area contributed by atoms with Gasteiger partial charge < -0.3 is 5.32 Å². The van der Waals surface area contributed by atoms with Gasteiger partial charge in [0, 0.05) is 12.6 Å². The maximum Gasteiger partial charge on any atom is 0.240 e. The fourth-order valence-corrected chi connectivity index (χ4v) is 4.13. The zero-order chi connectivity index (χ0) is 15.3. The fraction of sp³-hybridized carbons (Fsp3) is 0.625. The number of hydrogen-bond acceptors (Lipinski definition) is 3. The molecule has 0 heterocycles. The smallest absolute Gasteiger partial charge is 0.240 e. The van der Waals surface area contributed by atoms with Crippen LogP contribution in [0.25, 0.3) is 0 Å². The lowest BCUT2D eigenvalue weighted by molar-refractivity contribution is 0.412. The van der Waals surface area contributed by atoms with E-state index in [4.69, 9.17) is 0 Å². The van der Waals surface area contributed by atoms with Gasteiger partial charge in [-0.2, -0.15) is 0 Å². The van der Waals surface area contributed by atoms with Crippen LogP contribution in [-0.4, -0.2) is 21.0 Å². The molecule has 1 aliphatic carbocycles. The molecule has 0 amide bonds. The molecule has 4 nitrogen and oxygen atoms in total. The number of nitrogens with one attached hydrogen (secondary N) is 2. The Labute approximate surface area is 128 Å². The van der Waals surface area contributed by atoms with Crippen LogP contribution in [0.2, 0.25) is 0 Å². The highest BCUT2D eigenvalue weighted by Gasteiger charge is 2.22. The van der Waals surface area contributed by atoms with Gasteiger partial charge in [-0.3, -0.25) is 0 Å². The summed E-state index contributed by atoms with van der Waals surface area (Å²) < 4.78 is 27.9. The standard InChI is InChI=1S/C16H26N2O2S/c1-3-17-12-14-11-16(10-9-13(14)2)21(19,20)18-15-7-5-4-6-8-15/h9-11,15,17-18H,3-8,12H2,1-2H3. The Morgan fingerprint density at radius 2 is 1.90 bits per heavy atom. The molecule has 1 aromatic rings. The Morgan fingerprint density at radius 3 is 2.57 bits per heavy atom. The van der Waals surface area contributed by atoms with E-state index in [0.29, 0.717) is 11.4 Å². The number of rotatable bonds is 6. The predicted molar refractivity (Wildman–Crippen MR) is 85.8 cm³/mol. The molecule has 21 heavy (non-hydrogen) atoms. The molecule has 5 heteroatoms. The maximum atomic E-state index is 12.5. The zero-order valence-electron chi connectivity index (χ0n) is 13.0. The summed E-state index contributed by atoms with van der Waals surface area (Å²) in [6, 6.07) is 5.49. The first kappa shape index (κ1) is 16.5. The third-order valence-electron chi connectivity index (χ3n) is 4.12. The molecule has 1 saturated carbocycles. The molecule has 0 aliphatic heterocycles. The van der Waals surface area contributed by atoms with E-state index >= 15 is 0 Å². The molecule has 0 aromatic heterocycles. The summed E-state index contributed by atoms with van der Waals surface area (Å²) in [5, 5.41) is 3.25. The molecule has 1 aromatic carbocycles. The van der Waals surface area contributed by atoms with Crippen LogP contribution in [-0.2, 0) is 16.6 Å². The Kier molecular flexibility index (Phi) is 5.79. The predicted octanol–water partition coefficient (Wildman–Crippen LogP) is 2.72. The van der Waals surface area contributed by atoms with Crippen LogP contribution in [0.1, 0.15) is 50.2 Å². The second-order valence-corrected chi connectivity index (χ2v) is 7.54. The van der Waals surface area contributed by atoms with Crippen molar-refractivity contribution in [1.29, 1.82) is 0 Å².